The molecule has 0 unspecified atom stereocenters. The lowest BCUT2D eigenvalue weighted by Gasteiger charge is -2.07. The molecule has 6 heterocycles. The Morgan fingerprint density at radius 2 is 0.744 bits per heavy atom. The lowest BCUT2D eigenvalue weighted by molar-refractivity contribution is 1.13. The van der Waals surface area contributed by atoms with E-state index in [1.807, 2.05) is 188 Å². The summed E-state index contributed by atoms with van der Waals surface area (Å²) < 4.78 is 20.9. The van der Waals surface area contributed by atoms with Crippen molar-refractivity contribution in [1.29, 1.82) is 0 Å². The van der Waals surface area contributed by atoms with Gasteiger partial charge in [0.15, 0.2) is 0 Å². The van der Waals surface area contributed by atoms with Gasteiger partial charge in [-0.15, -0.1) is 70.6 Å². The van der Waals surface area contributed by atoms with Crippen molar-refractivity contribution in [3.05, 3.63) is 70.1 Å². The monoisotopic (exact) mass is 900 g/mol. The summed E-state index contributed by atoms with van der Waals surface area (Å²) in [6.07, 6.45) is 5.68. The Balaban J connectivity index is 0.970. The van der Waals surface area contributed by atoms with Crippen LogP contribution in [0.4, 0.5) is 0 Å². The third-order valence-electron chi connectivity index (χ3n) is 5.10. The van der Waals surface area contributed by atoms with Gasteiger partial charge in [0.1, 0.15) is 0 Å². The quantitative estimate of drug-likeness (QED) is 0.170. The molecule has 0 saturated heterocycles. The first kappa shape index (κ1) is 37.0. The Morgan fingerprint density at radius 3 is 1.12 bits per heavy atom. The summed E-state index contributed by atoms with van der Waals surface area (Å²) in [6.45, 7) is 4.52. The second-order valence-corrected chi connectivity index (χ2v) is 29.9. The van der Waals surface area contributed by atoms with Crippen molar-refractivity contribution in [3.63, 3.8) is 0 Å². The van der Waals surface area contributed by atoms with Crippen molar-refractivity contribution in [1.82, 2.24) is 0 Å². The van der Waals surface area contributed by atoms with Gasteiger partial charge >= 0.3 is 0 Å². The Hall–Kier alpha value is 4.22. The van der Waals surface area contributed by atoms with Crippen LogP contribution in [0.25, 0.3) is 0 Å². The summed E-state index contributed by atoms with van der Waals surface area (Å²) in [5.74, 6) is 4.66. The summed E-state index contributed by atoms with van der Waals surface area (Å²) in [7, 11) is 0. The van der Waals surface area contributed by atoms with Crippen LogP contribution in [-0.2, 0) is 0 Å². The highest BCUT2D eigenvalue weighted by molar-refractivity contribution is 8.51. The number of hydrogen-bond acceptors (Lipinski definition) is 18. The molecule has 0 aromatic rings. The summed E-state index contributed by atoms with van der Waals surface area (Å²) in [4.78, 5) is 0. The highest BCUT2D eigenvalue weighted by atomic mass is 32.3. The Morgan fingerprint density at radius 1 is 0.419 bits per heavy atom. The maximum absolute atomic E-state index is 2.26. The summed E-state index contributed by atoms with van der Waals surface area (Å²) in [5, 5.41) is 4.40. The highest BCUT2D eigenvalue weighted by Gasteiger charge is 2.37. The second-order valence-electron chi connectivity index (χ2n) is 7.88. The molecular weight excluding hydrogens is 877 g/mol. The van der Waals surface area contributed by atoms with E-state index in [0.29, 0.717) is 0 Å². The van der Waals surface area contributed by atoms with Gasteiger partial charge in [-0.05, 0) is 52.8 Å². The molecule has 0 N–H and O–H groups in total. The average molecular weight is 902 g/mol. The molecule has 0 aliphatic carbocycles. The Labute approximate surface area is 332 Å². The van der Waals surface area contributed by atoms with Crippen LogP contribution >= 0.6 is 212 Å². The fourth-order valence-corrected chi connectivity index (χ4v) is 29.2. The van der Waals surface area contributed by atoms with E-state index in [1.54, 1.807) is 0 Å². The van der Waals surface area contributed by atoms with Gasteiger partial charge in [0.25, 0.3) is 0 Å². The zero-order valence-electron chi connectivity index (χ0n) is 23.0. The van der Waals surface area contributed by atoms with Crippen molar-refractivity contribution in [2.24, 2.45) is 0 Å². The van der Waals surface area contributed by atoms with E-state index in [2.05, 4.69) is 60.7 Å². The van der Waals surface area contributed by atoms with Crippen LogP contribution < -0.4 is 0 Å². The minimum atomic E-state index is 1.14. The van der Waals surface area contributed by atoms with Crippen LogP contribution in [0.1, 0.15) is 20.3 Å². The van der Waals surface area contributed by atoms with E-state index in [4.69, 9.17) is 0 Å². The molecular formula is C25H24S18. The predicted octanol–water partition coefficient (Wildman–Crippen LogP) is 16.3. The van der Waals surface area contributed by atoms with E-state index in [0.717, 1.165) is 11.5 Å². The van der Waals surface area contributed by atoms with Crippen LogP contribution in [0.15, 0.2) is 70.1 Å². The van der Waals surface area contributed by atoms with E-state index >= 15 is 0 Å². The molecule has 0 bridgehead atoms. The third kappa shape index (κ3) is 9.56. The molecule has 0 aromatic carbocycles. The molecule has 0 nitrogen and oxygen atoms in total. The maximum Gasteiger partial charge on any atom is 0.0718 e. The van der Waals surface area contributed by atoms with Gasteiger partial charge in [-0.3, -0.25) is 0 Å². The zero-order chi connectivity index (χ0) is 29.8. The minimum absolute atomic E-state index is 1.14. The first-order valence-corrected chi connectivity index (χ1v) is 29.0. The minimum Gasteiger partial charge on any atom is -0.121 e. The molecule has 0 spiro atoms. The lowest BCUT2D eigenvalue weighted by atomic mass is 10.6. The van der Waals surface area contributed by atoms with Crippen molar-refractivity contribution in [3.8, 4) is 0 Å². The van der Waals surface area contributed by atoms with Crippen molar-refractivity contribution in [2.45, 2.75) is 20.3 Å². The first-order valence-electron chi connectivity index (χ1n) is 12.7. The molecule has 43 heavy (non-hydrogen) atoms. The van der Waals surface area contributed by atoms with E-state index in [9.17, 15) is 0 Å². The molecule has 6 aliphatic rings. The van der Waals surface area contributed by atoms with Gasteiger partial charge in [0.2, 0.25) is 0 Å². The molecule has 0 aromatic heterocycles. The maximum atomic E-state index is 2.26. The van der Waals surface area contributed by atoms with Crippen LogP contribution in [0.5, 0.6) is 0 Å². The third-order valence-corrected chi connectivity index (χ3v) is 30.6. The largest absolute Gasteiger partial charge is 0.121 e. The molecule has 0 amide bonds. The highest BCUT2D eigenvalue weighted by Crippen LogP contribution is 2.73. The van der Waals surface area contributed by atoms with Gasteiger partial charge in [-0.2, -0.15) is 0 Å². The fraction of sp³-hybridized carbons (Fsp3) is 0.360. The molecule has 6 rings (SSSR count). The summed E-state index contributed by atoms with van der Waals surface area (Å²) in [6, 6.07) is 0. The lowest BCUT2D eigenvalue weighted by Crippen LogP contribution is -1.84. The van der Waals surface area contributed by atoms with Crippen molar-refractivity contribution in [2.75, 3.05) is 35.5 Å². The molecule has 18 heteroatoms. The van der Waals surface area contributed by atoms with Crippen molar-refractivity contribution < 1.29 is 0 Å². The van der Waals surface area contributed by atoms with Crippen molar-refractivity contribution >= 4 is 212 Å². The van der Waals surface area contributed by atoms with E-state index in [1.165, 1.54) is 77.2 Å². The van der Waals surface area contributed by atoms with E-state index < -0.39 is 0 Å². The molecule has 0 radical (unpaired) electrons. The van der Waals surface area contributed by atoms with E-state index in [-0.39, 0.29) is 0 Å². The van der Waals surface area contributed by atoms with Gasteiger partial charge in [-0.25, -0.2) is 0 Å². The van der Waals surface area contributed by atoms with Crippen LogP contribution in [0.3, 0.4) is 0 Å². The number of hydrogen-bond donors (Lipinski definition) is 0. The first-order chi connectivity index (χ1) is 21.1. The van der Waals surface area contributed by atoms with Crippen LogP contribution in [0.2, 0.25) is 0 Å². The molecule has 0 saturated carbocycles. The number of thioether (sulfide) groups is 18. The molecule has 232 valence electrons. The molecule has 0 atom stereocenters. The topological polar surface area (TPSA) is 0 Å². The standard InChI is InChI=1S/C25H24S18/c1-5-28-17-18(29-6-2)39-21(38-17)23-42-24-25(43-23)41-22(40-24)20-35-13(27-4)16(37-20)31-9-7-8-30-15-12(26-3)34-19(36-15)14-32-10-11-33-14/h10-11H,5-9H2,1-4H3. The van der Waals surface area contributed by atoms with Gasteiger partial charge < -0.3 is 0 Å². The van der Waals surface area contributed by atoms with Gasteiger partial charge in [0, 0.05) is 0 Å². The average Bonchev–Trinajstić information content (AvgIpc) is 3.83. The smallest absolute Gasteiger partial charge is 0.0718 e. The van der Waals surface area contributed by atoms with Gasteiger partial charge in [0.05, 0.1) is 59.3 Å². The summed E-state index contributed by atoms with van der Waals surface area (Å²) >= 11 is 35.7. The van der Waals surface area contributed by atoms with Gasteiger partial charge in [-0.1, -0.05) is 155 Å². The zero-order valence-corrected chi connectivity index (χ0v) is 37.7. The molecule has 6 aliphatic heterocycles. The second kappa shape index (κ2) is 18.6. The van der Waals surface area contributed by atoms with Crippen LogP contribution in [-0.4, -0.2) is 35.5 Å². The fourth-order valence-electron chi connectivity index (χ4n) is 3.38. The molecule has 0 fully saturated rings. The predicted molar refractivity (Wildman–Crippen MR) is 242 cm³/mol. The Bertz CT molecular complexity index is 1340. The Kier molecular flexibility index (Phi) is 16.0. The SMILES string of the molecule is CCSC1=C(SCC)SC(=C2SC3=C(SC(=C4SC(SC)=C(SCCCSC5=C(SC)SC(=C6SC=CS6)S5)S4)S3)S2)S1. The number of rotatable bonds is 12. The normalized spacial score (nSPS) is 22.5. The summed E-state index contributed by atoms with van der Waals surface area (Å²) in [5.41, 5.74) is 0. The van der Waals surface area contributed by atoms with Crippen LogP contribution in [0, 0.1) is 0 Å².